The molecule has 0 unspecified atom stereocenters. The molecule has 1 aromatic carbocycles. The van der Waals surface area contributed by atoms with Gasteiger partial charge in [0.15, 0.2) is 5.13 Å². The summed E-state index contributed by atoms with van der Waals surface area (Å²) in [5, 5.41) is 3.13. The summed E-state index contributed by atoms with van der Waals surface area (Å²) in [5.74, 6) is -0.670. The Morgan fingerprint density at radius 1 is 1.16 bits per heavy atom. The van der Waals surface area contributed by atoms with Crippen molar-refractivity contribution in [2.45, 2.75) is 27.7 Å². The minimum Gasteiger partial charge on any atom is -0.462 e. The van der Waals surface area contributed by atoms with Crippen LogP contribution in [0.1, 0.15) is 46.5 Å². The van der Waals surface area contributed by atoms with Crippen LogP contribution in [0.4, 0.5) is 10.8 Å². The summed E-state index contributed by atoms with van der Waals surface area (Å²) in [6.45, 7) is 9.78. The van der Waals surface area contributed by atoms with Gasteiger partial charge in [0, 0.05) is 24.3 Å². The van der Waals surface area contributed by atoms with Gasteiger partial charge in [-0.3, -0.25) is 10.1 Å². The van der Waals surface area contributed by atoms with Crippen molar-refractivity contribution >= 4 is 34.0 Å². The van der Waals surface area contributed by atoms with Gasteiger partial charge in [-0.1, -0.05) is 11.3 Å². The number of esters is 1. The molecular weight excluding hydrogens is 338 g/mol. The number of ether oxygens (including phenoxy) is 1. The van der Waals surface area contributed by atoms with Crippen molar-refractivity contribution in [2.24, 2.45) is 0 Å². The number of amides is 1. The Labute approximate surface area is 151 Å². The number of carbonyl (C=O) groups excluding carboxylic acids is 2. The zero-order valence-electron chi connectivity index (χ0n) is 15.0. The van der Waals surface area contributed by atoms with E-state index in [1.165, 1.54) is 0 Å². The SMILES string of the molecule is CCOC(=O)c1sc(NC(=O)c2ccc(N(CC)CC)cc2)nc1C. The van der Waals surface area contributed by atoms with E-state index in [0.717, 1.165) is 30.1 Å². The predicted molar refractivity (Wildman–Crippen MR) is 101 cm³/mol. The van der Waals surface area contributed by atoms with Gasteiger partial charge < -0.3 is 9.64 Å². The number of benzene rings is 1. The summed E-state index contributed by atoms with van der Waals surface area (Å²) < 4.78 is 4.98. The molecule has 0 saturated heterocycles. The summed E-state index contributed by atoms with van der Waals surface area (Å²) in [6.07, 6.45) is 0. The molecule has 134 valence electrons. The van der Waals surface area contributed by atoms with E-state index in [1.807, 2.05) is 12.1 Å². The van der Waals surface area contributed by atoms with E-state index in [-0.39, 0.29) is 5.91 Å². The van der Waals surface area contributed by atoms with Crippen LogP contribution >= 0.6 is 11.3 Å². The van der Waals surface area contributed by atoms with Crippen molar-refractivity contribution in [1.29, 1.82) is 0 Å². The zero-order valence-corrected chi connectivity index (χ0v) is 15.8. The van der Waals surface area contributed by atoms with Crippen LogP contribution in [0.2, 0.25) is 0 Å². The van der Waals surface area contributed by atoms with Crippen LogP contribution in [0.3, 0.4) is 0 Å². The van der Waals surface area contributed by atoms with E-state index in [2.05, 4.69) is 29.0 Å². The first-order valence-electron chi connectivity index (χ1n) is 8.31. The second kappa shape index (κ2) is 8.62. The highest BCUT2D eigenvalue weighted by Gasteiger charge is 2.18. The fourth-order valence-electron chi connectivity index (χ4n) is 2.42. The molecule has 25 heavy (non-hydrogen) atoms. The van der Waals surface area contributed by atoms with Crippen LogP contribution in [0.15, 0.2) is 24.3 Å². The van der Waals surface area contributed by atoms with Gasteiger partial charge in [0.1, 0.15) is 4.88 Å². The number of rotatable bonds is 7. The number of aryl methyl sites for hydroxylation is 1. The van der Waals surface area contributed by atoms with E-state index in [0.29, 0.717) is 27.9 Å². The van der Waals surface area contributed by atoms with Crippen LogP contribution in [-0.4, -0.2) is 36.6 Å². The number of hydrogen-bond acceptors (Lipinski definition) is 6. The molecule has 0 aliphatic carbocycles. The van der Waals surface area contributed by atoms with Gasteiger partial charge in [0.2, 0.25) is 0 Å². The summed E-state index contributed by atoms with van der Waals surface area (Å²) in [6, 6.07) is 7.43. The number of carbonyl (C=O) groups is 2. The third kappa shape index (κ3) is 4.57. The lowest BCUT2D eigenvalue weighted by molar-refractivity contribution is 0.0531. The van der Waals surface area contributed by atoms with Crippen LogP contribution in [-0.2, 0) is 4.74 Å². The van der Waals surface area contributed by atoms with Crippen molar-refractivity contribution in [1.82, 2.24) is 4.98 Å². The van der Waals surface area contributed by atoms with E-state index >= 15 is 0 Å². The molecule has 0 aliphatic rings. The second-order valence-corrected chi connectivity index (χ2v) is 6.33. The molecule has 0 radical (unpaired) electrons. The fourth-order valence-corrected chi connectivity index (χ4v) is 3.27. The van der Waals surface area contributed by atoms with Crippen LogP contribution in [0.5, 0.6) is 0 Å². The van der Waals surface area contributed by atoms with Crippen molar-refractivity contribution in [3.05, 3.63) is 40.4 Å². The monoisotopic (exact) mass is 361 g/mol. The Hall–Kier alpha value is -2.41. The van der Waals surface area contributed by atoms with Gasteiger partial charge in [-0.15, -0.1) is 0 Å². The number of hydrogen-bond donors (Lipinski definition) is 1. The van der Waals surface area contributed by atoms with E-state index in [4.69, 9.17) is 4.74 Å². The van der Waals surface area contributed by atoms with Gasteiger partial charge in [-0.05, 0) is 52.0 Å². The largest absolute Gasteiger partial charge is 0.462 e. The molecule has 1 aromatic heterocycles. The van der Waals surface area contributed by atoms with Gasteiger partial charge >= 0.3 is 5.97 Å². The summed E-state index contributed by atoms with van der Waals surface area (Å²) >= 11 is 1.12. The van der Waals surface area contributed by atoms with Crippen molar-refractivity contribution in [3.63, 3.8) is 0 Å². The second-order valence-electron chi connectivity index (χ2n) is 5.33. The molecule has 0 fully saturated rings. The summed E-state index contributed by atoms with van der Waals surface area (Å²) in [5.41, 5.74) is 2.17. The van der Waals surface area contributed by atoms with E-state index < -0.39 is 5.97 Å². The summed E-state index contributed by atoms with van der Waals surface area (Å²) in [4.78, 5) is 31.0. The highest BCUT2D eigenvalue weighted by Crippen LogP contribution is 2.24. The Bertz CT molecular complexity index is 737. The lowest BCUT2D eigenvalue weighted by atomic mass is 10.2. The average Bonchev–Trinajstić information content (AvgIpc) is 2.97. The topological polar surface area (TPSA) is 71.5 Å². The maximum absolute atomic E-state index is 12.4. The van der Waals surface area contributed by atoms with E-state index in [1.54, 1.807) is 26.0 Å². The molecule has 1 N–H and O–H groups in total. The molecular formula is C18H23N3O3S. The van der Waals surface area contributed by atoms with E-state index in [9.17, 15) is 9.59 Å². The molecule has 7 heteroatoms. The number of anilines is 2. The van der Waals surface area contributed by atoms with Crippen molar-refractivity contribution in [3.8, 4) is 0 Å². The Kier molecular flexibility index (Phi) is 6.52. The van der Waals surface area contributed by atoms with Crippen LogP contribution in [0.25, 0.3) is 0 Å². The first-order chi connectivity index (χ1) is 12.0. The smallest absolute Gasteiger partial charge is 0.350 e. The third-order valence-corrected chi connectivity index (χ3v) is 4.79. The molecule has 0 saturated carbocycles. The first-order valence-corrected chi connectivity index (χ1v) is 9.12. The fraction of sp³-hybridized carbons (Fsp3) is 0.389. The Balaban J connectivity index is 2.09. The van der Waals surface area contributed by atoms with Gasteiger partial charge in [0.25, 0.3) is 5.91 Å². The standard InChI is InChI=1S/C18H23N3O3S/c1-5-21(6-2)14-10-8-13(9-11-14)16(22)20-18-19-12(4)15(25-18)17(23)24-7-3/h8-11H,5-7H2,1-4H3,(H,19,20,22). The number of aromatic nitrogens is 1. The Morgan fingerprint density at radius 2 is 1.80 bits per heavy atom. The highest BCUT2D eigenvalue weighted by molar-refractivity contribution is 7.17. The number of nitrogens with one attached hydrogen (secondary N) is 1. The number of thiazole rings is 1. The average molecular weight is 361 g/mol. The van der Waals surface area contributed by atoms with Gasteiger partial charge in [-0.2, -0.15) is 0 Å². The van der Waals surface area contributed by atoms with Crippen LogP contribution < -0.4 is 10.2 Å². The molecule has 0 spiro atoms. The molecule has 6 nitrogen and oxygen atoms in total. The predicted octanol–water partition coefficient (Wildman–Crippen LogP) is 3.73. The Morgan fingerprint density at radius 3 is 2.36 bits per heavy atom. The highest BCUT2D eigenvalue weighted by atomic mass is 32.1. The first kappa shape index (κ1) is 18.9. The van der Waals surface area contributed by atoms with Crippen molar-refractivity contribution in [2.75, 3.05) is 29.9 Å². The maximum Gasteiger partial charge on any atom is 0.350 e. The minimum absolute atomic E-state index is 0.254. The molecule has 0 aliphatic heterocycles. The maximum atomic E-state index is 12.4. The number of nitrogens with zero attached hydrogens (tertiary/aromatic N) is 2. The zero-order chi connectivity index (χ0) is 18.4. The normalized spacial score (nSPS) is 10.4. The van der Waals surface area contributed by atoms with Crippen LogP contribution in [0, 0.1) is 6.92 Å². The molecule has 0 bridgehead atoms. The lowest BCUT2D eigenvalue weighted by Crippen LogP contribution is -2.21. The quantitative estimate of drug-likeness (QED) is 0.761. The molecule has 1 amide bonds. The van der Waals surface area contributed by atoms with Gasteiger partial charge in [0.05, 0.1) is 12.3 Å². The molecule has 2 aromatic rings. The summed E-state index contributed by atoms with van der Waals surface area (Å²) in [7, 11) is 0. The minimum atomic E-state index is -0.415. The molecule has 2 rings (SSSR count). The molecule has 0 atom stereocenters. The third-order valence-electron chi connectivity index (χ3n) is 3.74. The van der Waals surface area contributed by atoms with Crippen molar-refractivity contribution < 1.29 is 14.3 Å². The molecule has 1 heterocycles. The van der Waals surface area contributed by atoms with Gasteiger partial charge in [-0.25, -0.2) is 9.78 Å². The lowest BCUT2D eigenvalue weighted by Gasteiger charge is -2.20.